The Labute approximate surface area is 197 Å². The molecule has 3 aromatic carbocycles. The molecular formula is C25H21Br2N3O. The maximum Gasteiger partial charge on any atom is 0.160 e. The topological polar surface area (TPSA) is 39.9 Å². The van der Waals surface area contributed by atoms with Gasteiger partial charge in [0.1, 0.15) is 11.3 Å². The Balaban J connectivity index is 1.73. The highest BCUT2D eigenvalue weighted by Gasteiger charge is 2.19. The van der Waals surface area contributed by atoms with Crippen LogP contribution in [0.3, 0.4) is 0 Å². The molecule has 6 heteroatoms. The summed E-state index contributed by atoms with van der Waals surface area (Å²) in [5.41, 5.74) is 5.77. The highest BCUT2D eigenvalue weighted by molar-refractivity contribution is 9.11. The fourth-order valence-corrected chi connectivity index (χ4v) is 5.35. The van der Waals surface area contributed by atoms with E-state index >= 15 is 0 Å². The van der Waals surface area contributed by atoms with Crippen LogP contribution >= 0.6 is 31.9 Å². The Morgan fingerprint density at radius 3 is 2.48 bits per heavy atom. The van der Waals surface area contributed by atoms with Crippen LogP contribution in [0.2, 0.25) is 0 Å². The fourth-order valence-electron chi connectivity index (χ4n) is 3.91. The van der Waals surface area contributed by atoms with Gasteiger partial charge in [0.2, 0.25) is 0 Å². The van der Waals surface area contributed by atoms with E-state index in [1.807, 2.05) is 36.4 Å². The first-order valence-electron chi connectivity index (χ1n) is 10.4. The maximum atomic E-state index is 6.10. The van der Waals surface area contributed by atoms with Gasteiger partial charge in [0.25, 0.3) is 0 Å². The summed E-state index contributed by atoms with van der Waals surface area (Å²) in [7, 11) is 0. The average molecular weight is 539 g/mol. The van der Waals surface area contributed by atoms with Crippen molar-refractivity contribution in [2.45, 2.75) is 26.3 Å². The summed E-state index contributed by atoms with van der Waals surface area (Å²) in [4.78, 5) is 9.99. The molecule has 2 aromatic heterocycles. The number of fused-ring (bicyclic) bond motifs is 4. The molecule has 0 aliphatic heterocycles. The van der Waals surface area contributed by atoms with E-state index in [0.717, 1.165) is 72.8 Å². The second-order valence-corrected chi connectivity index (χ2v) is 9.33. The summed E-state index contributed by atoms with van der Waals surface area (Å²) in [6, 6.07) is 20.5. The predicted octanol–water partition coefficient (Wildman–Crippen LogP) is 7.49. The zero-order valence-electron chi connectivity index (χ0n) is 17.1. The average Bonchev–Trinajstić information content (AvgIpc) is 3.06. The number of hydrogen-bond donors (Lipinski definition) is 0. The van der Waals surface area contributed by atoms with E-state index in [1.54, 1.807) is 0 Å². The Bertz CT molecular complexity index is 1410. The minimum absolute atomic E-state index is 0.648. The molecule has 0 aliphatic carbocycles. The third-order valence-corrected chi connectivity index (χ3v) is 6.48. The van der Waals surface area contributed by atoms with Gasteiger partial charge in [0.05, 0.1) is 29.7 Å². The van der Waals surface area contributed by atoms with Crippen molar-refractivity contribution in [2.75, 3.05) is 6.61 Å². The van der Waals surface area contributed by atoms with E-state index < -0.39 is 0 Å². The van der Waals surface area contributed by atoms with Gasteiger partial charge < -0.3 is 9.30 Å². The van der Waals surface area contributed by atoms with E-state index in [0.29, 0.717) is 6.54 Å². The molecule has 0 atom stereocenters. The normalized spacial score (nSPS) is 11.6. The minimum atomic E-state index is 0.648. The molecule has 0 fully saturated rings. The molecule has 0 radical (unpaired) electrons. The summed E-state index contributed by atoms with van der Waals surface area (Å²) in [5.74, 6) is 0.924. The molecule has 156 valence electrons. The summed E-state index contributed by atoms with van der Waals surface area (Å²) in [6.07, 6.45) is 2.15. The number of rotatable bonds is 6. The molecule has 0 saturated heterocycles. The van der Waals surface area contributed by atoms with Crippen molar-refractivity contribution in [1.29, 1.82) is 0 Å². The third kappa shape index (κ3) is 3.83. The summed E-state index contributed by atoms with van der Waals surface area (Å²) < 4.78 is 10.3. The lowest BCUT2D eigenvalue weighted by Gasteiger charge is -2.14. The lowest BCUT2D eigenvalue weighted by atomic mass is 10.2. The van der Waals surface area contributed by atoms with Crippen molar-refractivity contribution in [3.8, 4) is 5.75 Å². The number of hydrogen-bond acceptors (Lipinski definition) is 3. The van der Waals surface area contributed by atoms with Crippen LogP contribution in [0.4, 0.5) is 0 Å². The highest BCUT2D eigenvalue weighted by Crippen LogP contribution is 2.36. The lowest BCUT2D eigenvalue weighted by molar-refractivity contribution is 0.306. The van der Waals surface area contributed by atoms with Crippen LogP contribution in [-0.4, -0.2) is 21.1 Å². The standard InChI is InChI=1S/C25H21Br2N3O/c1-2-3-12-31-22-11-7-4-8-16(22)15-30-24-18(13-17(26)14-19(24)27)23-25(30)29-21-10-6-5-9-20(21)28-23/h4-11,13-14H,2-3,12,15H2,1H3. The van der Waals surface area contributed by atoms with E-state index in [9.17, 15) is 0 Å². The second-order valence-electron chi connectivity index (χ2n) is 7.56. The number of halogens is 2. The van der Waals surface area contributed by atoms with Crippen LogP contribution in [-0.2, 0) is 6.54 Å². The Kier molecular flexibility index (Phi) is 5.67. The van der Waals surface area contributed by atoms with Crippen molar-refractivity contribution >= 4 is 65.0 Å². The summed E-state index contributed by atoms with van der Waals surface area (Å²) >= 11 is 7.41. The quantitative estimate of drug-likeness (QED) is 0.210. The largest absolute Gasteiger partial charge is 0.493 e. The Morgan fingerprint density at radius 2 is 1.68 bits per heavy atom. The molecule has 0 saturated carbocycles. The molecule has 5 aromatic rings. The Morgan fingerprint density at radius 1 is 0.935 bits per heavy atom. The van der Waals surface area contributed by atoms with E-state index in [-0.39, 0.29) is 0 Å². The van der Waals surface area contributed by atoms with Crippen LogP contribution < -0.4 is 4.74 Å². The van der Waals surface area contributed by atoms with Crippen molar-refractivity contribution in [3.05, 3.63) is 75.2 Å². The molecule has 4 nitrogen and oxygen atoms in total. The van der Waals surface area contributed by atoms with Crippen LogP contribution in [0, 0.1) is 0 Å². The van der Waals surface area contributed by atoms with Crippen molar-refractivity contribution < 1.29 is 4.74 Å². The number of benzene rings is 3. The molecule has 0 amide bonds. The predicted molar refractivity (Wildman–Crippen MR) is 134 cm³/mol. The smallest absolute Gasteiger partial charge is 0.160 e. The van der Waals surface area contributed by atoms with E-state index in [4.69, 9.17) is 14.7 Å². The summed E-state index contributed by atoms with van der Waals surface area (Å²) in [6.45, 7) is 3.54. The first-order valence-corrected chi connectivity index (χ1v) is 12.0. The molecular weight excluding hydrogens is 518 g/mol. The minimum Gasteiger partial charge on any atom is -0.493 e. The first kappa shape index (κ1) is 20.5. The van der Waals surface area contributed by atoms with Gasteiger partial charge in [-0.25, -0.2) is 9.97 Å². The van der Waals surface area contributed by atoms with E-state index in [1.165, 1.54) is 0 Å². The van der Waals surface area contributed by atoms with Crippen molar-refractivity contribution in [2.24, 2.45) is 0 Å². The van der Waals surface area contributed by atoms with Crippen LogP contribution in [0.1, 0.15) is 25.3 Å². The third-order valence-electron chi connectivity index (χ3n) is 5.42. The molecule has 31 heavy (non-hydrogen) atoms. The van der Waals surface area contributed by atoms with Gasteiger partial charge in [-0.2, -0.15) is 0 Å². The van der Waals surface area contributed by atoms with Gasteiger partial charge in [0, 0.05) is 19.9 Å². The molecule has 2 heterocycles. The lowest BCUT2D eigenvalue weighted by Crippen LogP contribution is -2.05. The van der Waals surface area contributed by atoms with Crippen LogP contribution in [0.5, 0.6) is 5.75 Å². The molecule has 0 bridgehead atoms. The van der Waals surface area contributed by atoms with Crippen molar-refractivity contribution in [3.63, 3.8) is 0 Å². The maximum absolute atomic E-state index is 6.10. The zero-order chi connectivity index (χ0) is 21.4. The van der Waals surface area contributed by atoms with Crippen molar-refractivity contribution in [1.82, 2.24) is 14.5 Å². The van der Waals surface area contributed by atoms with Gasteiger partial charge in [-0.3, -0.25) is 0 Å². The number of ether oxygens (including phenoxy) is 1. The molecule has 0 spiro atoms. The summed E-state index contributed by atoms with van der Waals surface area (Å²) in [5, 5.41) is 1.07. The number of unbranched alkanes of at least 4 members (excludes halogenated alkanes) is 1. The van der Waals surface area contributed by atoms with Crippen LogP contribution in [0.15, 0.2) is 69.6 Å². The first-order chi connectivity index (χ1) is 15.2. The molecule has 5 rings (SSSR count). The Hall–Kier alpha value is -2.44. The number of nitrogens with zero attached hydrogens (tertiary/aromatic N) is 3. The monoisotopic (exact) mass is 537 g/mol. The number of para-hydroxylation sites is 3. The van der Waals surface area contributed by atoms with Gasteiger partial charge in [-0.1, -0.05) is 59.6 Å². The molecule has 0 aliphatic rings. The fraction of sp³-hybridized carbons (Fsp3) is 0.200. The van der Waals surface area contributed by atoms with Gasteiger partial charge in [0.15, 0.2) is 5.65 Å². The van der Waals surface area contributed by atoms with Gasteiger partial charge in [-0.05, 0) is 52.7 Å². The molecule has 0 N–H and O–H groups in total. The number of aromatic nitrogens is 3. The second kappa shape index (κ2) is 8.60. The van der Waals surface area contributed by atoms with Gasteiger partial charge >= 0.3 is 0 Å². The molecule has 0 unspecified atom stereocenters. The zero-order valence-corrected chi connectivity index (χ0v) is 20.3. The SMILES string of the molecule is CCCCOc1ccccc1Cn1c2nc3ccccc3nc2c2cc(Br)cc(Br)c21. The van der Waals surface area contributed by atoms with Crippen LogP contribution in [0.25, 0.3) is 33.1 Å². The van der Waals surface area contributed by atoms with Gasteiger partial charge in [-0.15, -0.1) is 0 Å². The highest BCUT2D eigenvalue weighted by atomic mass is 79.9. The van der Waals surface area contributed by atoms with E-state index in [2.05, 4.69) is 67.6 Å².